The minimum Gasteiger partial charge on any atom is -0.433 e. The van der Waals surface area contributed by atoms with Crippen molar-refractivity contribution in [1.29, 1.82) is 0 Å². The van der Waals surface area contributed by atoms with E-state index < -0.39 is 18.4 Å². The van der Waals surface area contributed by atoms with Crippen LogP contribution in [0.5, 0.6) is 0 Å². The van der Waals surface area contributed by atoms with Gasteiger partial charge in [0, 0.05) is 12.5 Å². The van der Waals surface area contributed by atoms with E-state index in [1.807, 2.05) is 0 Å². The number of rotatable bonds is 2. The SMILES string of the molecule is C=CC(=O)OC1CC(O)CO1. The van der Waals surface area contributed by atoms with Crippen LogP contribution in [0.4, 0.5) is 0 Å². The van der Waals surface area contributed by atoms with Crippen LogP contribution in [0.1, 0.15) is 6.42 Å². The summed E-state index contributed by atoms with van der Waals surface area (Å²) in [6.45, 7) is 3.46. The second-order valence-electron chi connectivity index (χ2n) is 2.29. The zero-order valence-corrected chi connectivity index (χ0v) is 6.03. The van der Waals surface area contributed by atoms with E-state index in [-0.39, 0.29) is 6.61 Å². The molecular formula is C7H10O4. The predicted octanol–water partition coefficient (Wildman–Crippen LogP) is -0.177. The molecule has 62 valence electrons. The first-order chi connectivity index (χ1) is 5.22. The Kier molecular flexibility index (Phi) is 2.62. The van der Waals surface area contributed by atoms with E-state index in [0.717, 1.165) is 6.08 Å². The Balaban J connectivity index is 2.28. The van der Waals surface area contributed by atoms with Crippen molar-refractivity contribution in [3.8, 4) is 0 Å². The number of hydrogen-bond donors (Lipinski definition) is 1. The first kappa shape index (κ1) is 8.23. The van der Waals surface area contributed by atoms with Gasteiger partial charge in [-0.1, -0.05) is 6.58 Å². The van der Waals surface area contributed by atoms with Crippen LogP contribution in [0, 0.1) is 0 Å². The molecule has 0 aromatic carbocycles. The molecule has 4 nitrogen and oxygen atoms in total. The van der Waals surface area contributed by atoms with Gasteiger partial charge in [-0.15, -0.1) is 0 Å². The van der Waals surface area contributed by atoms with Crippen molar-refractivity contribution >= 4 is 5.97 Å². The lowest BCUT2D eigenvalue weighted by atomic mass is 10.3. The molecule has 1 aliphatic heterocycles. The van der Waals surface area contributed by atoms with Crippen LogP contribution in [0.25, 0.3) is 0 Å². The van der Waals surface area contributed by atoms with E-state index in [1.54, 1.807) is 0 Å². The maximum absolute atomic E-state index is 10.6. The van der Waals surface area contributed by atoms with Gasteiger partial charge in [-0.25, -0.2) is 4.79 Å². The molecule has 2 atom stereocenters. The summed E-state index contributed by atoms with van der Waals surface area (Å²) in [7, 11) is 0. The van der Waals surface area contributed by atoms with Crippen molar-refractivity contribution in [1.82, 2.24) is 0 Å². The fourth-order valence-corrected chi connectivity index (χ4v) is 0.836. The molecule has 4 heteroatoms. The minimum absolute atomic E-state index is 0.231. The van der Waals surface area contributed by atoms with Gasteiger partial charge >= 0.3 is 5.97 Å². The molecule has 1 rings (SSSR count). The van der Waals surface area contributed by atoms with Crippen molar-refractivity contribution in [3.63, 3.8) is 0 Å². The summed E-state index contributed by atoms with van der Waals surface area (Å²) in [4.78, 5) is 10.6. The number of aliphatic hydroxyl groups is 1. The zero-order chi connectivity index (χ0) is 8.27. The lowest BCUT2D eigenvalue weighted by molar-refractivity contribution is -0.163. The first-order valence-corrected chi connectivity index (χ1v) is 3.35. The van der Waals surface area contributed by atoms with Gasteiger partial charge in [0.2, 0.25) is 6.29 Å². The van der Waals surface area contributed by atoms with Crippen LogP contribution in [-0.2, 0) is 14.3 Å². The number of ether oxygens (including phenoxy) is 2. The highest BCUT2D eigenvalue weighted by Crippen LogP contribution is 2.13. The van der Waals surface area contributed by atoms with Crippen molar-refractivity contribution in [2.24, 2.45) is 0 Å². The highest BCUT2D eigenvalue weighted by Gasteiger charge is 2.25. The van der Waals surface area contributed by atoms with Gasteiger partial charge in [-0.3, -0.25) is 0 Å². The zero-order valence-electron chi connectivity index (χ0n) is 6.03. The number of carbonyl (C=O) groups is 1. The second kappa shape index (κ2) is 3.50. The maximum Gasteiger partial charge on any atom is 0.332 e. The van der Waals surface area contributed by atoms with E-state index in [1.165, 1.54) is 0 Å². The molecule has 1 saturated heterocycles. The number of aliphatic hydroxyl groups excluding tert-OH is 1. The molecule has 0 spiro atoms. The van der Waals surface area contributed by atoms with Crippen molar-refractivity contribution < 1.29 is 19.4 Å². The van der Waals surface area contributed by atoms with Crippen LogP contribution in [0.2, 0.25) is 0 Å². The molecule has 2 unspecified atom stereocenters. The summed E-state index contributed by atoms with van der Waals surface area (Å²) in [5.41, 5.74) is 0. The molecular weight excluding hydrogens is 148 g/mol. The summed E-state index contributed by atoms with van der Waals surface area (Å²) in [6.07, 6.45) is 0.293. The Morgan fingerprint density at radius 2 is 2.55 bits per heavy atom. The molecule has 0 bridgehead atoms. The predicted molar refractivity (Wildman–Crippen MR) is 36.7 cm³/mol. The Labute approximate surface area is 64.4 Å². The quantitative estimate of drug-likeness (QED) is 0.447. The summed E-state index contributed by atoms with van der Waals surface area (Å²) in [5, 5.41) is 8.94. The molecule has 0 aliphatic carbocycles. The fraction of sp³-hybridized carbons (Fsp3) is 0.571. The molecule has 1 fully saturated rings. The largest absolute Gasteiger partial charge is 0.433 e. The first-order valence-electron chi connectivity index (χ1n) is 3.35. The summed E-state index contributed by atoms with van der Waals surface area (Å²) >= 11 is 0. The Hall–Kier alpha value is -0.870. The third-order valence-corrected chi connectivity index (χ3v) is 1.35. The average molecular weight is 158 g/mol. The normalized spacial score (nSPS) is 29.9. The Morgan fingerprint density at radius 3 is 3.00 bits per heavy atom. The second-order valence-corrected chi connectivity index (χ2v) is 2.29. The van der Waals surface area contributed by atoms with Crippen molar-refractivity contribution in [2.45, 2.75) is 18.8 Å². The van der Waals surface area contributed by atoms with E-state index in [4.69, 9.17) is 14.6 Å². The highest BCUT2D eigenvalue weighted by molar-refractivity contribution is 5.81. The maximum atomic E-state index is 10.6. The third kappa shape index (κ3) is 2.32. The van der Waals surface area contributed by atoms with E-state index >= 15 is 0 Å². The van der Waals surface area contributed by atoms with Crippen LogP contribution >= 0.6 is 0 Å². The molecule has 0 saturated carbocycles. The van der Waals surface area contributed by atoms with Gasteiger partial charge < -0.3 is 14.6 Å². The molecule has 1 aliphatic rings. The van der Waals surface area contributed by atoms with Crippen LogP contribution in [0.15, 0.2) is 12.7 Å². The number of hydrogen-bond acceptors (Lipinski definition) is 4. The van der Waals surface area contributed by atoms with Crippen molar-refractivity contribution in [2.75, 3.05) is 6.61 Å². The van der Waals surface area contributed by atoms with Crippen molar-refractivity contribution in [3.05, 3.63) is 12.7 Å². The molecule has 1 N–H and O–H groups in total. The Morgan fingerprint density at radius 1 is 1.82 bits per heavy atom. The van der Waals surface area contributed by atoms with Gasteiger partial charge in [0.25, 0.3) is 0 Å². The van der Waals surface area contributed by atoms with Crippen LogP contribution in [0.3, 0.4) is 0 Å². The molecule has 0 aromatic heterocycles. The number of carbonyl (C=O) groups excluding carboxylic acids is 1. The summed E-state index contributed by atoms with van der Waals surface area (Å²) in [6, 6.07) is 0. The van der Waals surface area contributed by atoms with Gasteiger partial charge in [0.05, 0.1) is 12.7 Å². The van der Waals surface area contributed by atoms with Gasteiger partial charge in [0.15, 0.2) is 0 Å². The molecule has 0 radical (unpaired) electrons. The molecule has 11 heavy (non-hydrogen) atoms. The summed E-state index contributed by atoms with van der Waals surface area (Å²) < 4.78 is 9.59. The summed E-state index contributed by atoms with van der Waals surface area (Å²) in [5.74, 6) is -0.524. The fourth-order valence-electron chi connectivity index (χ4n) is 0.836. The highest BCUT2D eigenvalue weighted by atomic mass is 16.7. The minimum atomic E-state index is -0.601. The lowest BCUT2D eigenvalue weighted by Crippen LogP contribution is -2.15. The average Bonchev–Trinajstić information content (AvgIpc) is 2.35. The van der Waals surface area contributed by atoms with Gasteiger partial charge in [-0.05, 0) is 0 Å². The lowest BCUT2D eigenvalue weighted by Gasteiger charge is -2.07. The van der Waals surface area contributed by atoms with E-state index in [9.17, 15) is 4.79 Å². The Bertz CT molecular complexity index is 166. The van der Waals surface area contributed by atoms with Crippen LogP contribution in [-0.4, -0.2) is 30.1 Å². The van der Waals surface area contributed by atoms with Gasteiger partial charge in [-0.2, -0.15) is 0 Å². The standard InChI is InChI=1S/C7H10O4/c1-2-6(9)11-7-3-5(8)4-10-7/h2,5,7-8H,1,3-4H2. The molecule has 0 aromatic rings. The van der Waals surface area contributed by atoms with Gasteiger partial charge in [0.1, 0.15) is 0 Å². The number of esters is 1. The monoisotopic (exact) mass is 158 g/mol. The molecule has 0 amide bonds. The molecule has 1 heterocycles. The topological polar surface area (TPSA) is 55.8 Å². The third-order valence-electron chi connectivity index (χ3n) is 1.35. The van der Waals surface area contributed by atoms with E-state index in [2.05, 4.69) is 6.58 Å². The van der Waals surface area contributed by atoms with E-state index in [0.29, 0.717) is 6.42 Å². The smallest absolute Gasteiger partial charge is 0.332 e. The van der Waals surface area contributed by atoms with Crippen LogP contribution < -0.4 is 0 Å².